The van der Waals surface area contributed by atoms with Crippen molar-refractivity contribution in [1.82, 2.24) is 4.90 Å². The Bertz CT molecular complexity index is 209. The quantitative estimate of drug-likeness (QED) is 0.798. The summed E-state index contributed by atoms with van der Waals surface area (Å²) >= 11 is 0. The van der Waals surface area contributed by atoms with Gasteiger partial charge in [0.25, 0.3) is 0 Å². The molecule has 1 rings (SSSR count). The molecule has 1 fully saturated rings. The molecule has 0 spiro atoms. The molecule has 2 nitrogen and oxygen atoms in total. The van der Waals surface area contributed by atoms with Crippen LogP contribution in [0, 0.1) is 5.41 Å². The van der Waals surface area contributed by atoms with Gasteiger partial charge in [-0.3, -0.25) is 0 Å². The smallest absolute Gasteiger partial charge is 0.0254 e. The standard InChI is InChI=1S/C14H30N2/c1-5-7-14(4,15)12-16-10-6-8-13(2,3)9-11-16/h5-12,15H2,1-4H3. The average molecular weight is 226 g/mol. The first-order valence-corrected chi connectivity index (χ1v) is 6.86. The highest BCUT2D eigenvalue weighted by molar-refractivity contribution is 4.85. The van der Waals surface area contributed by atoms with Gasteiger partial charge in [-0.2, -0.15) is 0 Å². The van der Waals surface area contributed by atoms with Crippen molar-refractivity contribution in [3.63, 3.8) is 0 Å². The maximum Gasteiger partial charge on any atom is 0.0254 e. The Morgan fingerprint density at radius 1 is 1.25 bits per heavy atom. The van der Waals surface area contributed by atoms with E-state index in [9.17, 15) is 0 Å². The Balaban J connectivity index is 2.43. The summed E-state index contributed by atoms with van der Waals surface area (Å²) in [5, 5.41) is 0. The zero-order valence-corrected chi connectivity index (χ0v) is 11.7. The van der Waals surface area contributed by atoms with Gasteiger partial charge in [0.2, 0.25) is 0 Å². The summed E-state index contributed by atoms with van der Waals surface area (Å²) in [5.41, 5.74) is 6.87. The SMILES string of the molecule is CCCC(C)(N)CN1CCCC(C)(C)CC1. The molecule has 96 valence electrons. The maximum atomic E-state index is 6.34. The largest absolute Gasteiger partial charge is 0.324 e. The number of hydrogen-bond acceptors (Lipinski definition) is 2. The molecule has 0 radical (unpaired) electrons. The number of nitrogens with zero attached hydrogens (tertiary/aromatic N) is 1. The number of hydrogen-bond donors (Lipinski definition) is 1. The lowest BCUT2D eigenvalue weighted by atomic mass is 9.85. The Hall–Kier alpha value is -0.0800. The molecule has 0 aromatic rings. The van der Waals surface area contributed by atoms with Gasteiger partial charge in [-0.15, -0.1) is 0 Å². The van der Waals surface area contributed by atoms with E-state index in [0.717, 1.165) is 13.0 Å². The van der Waals surface area contributed by atoms with Crippen LogP contribution in [0.25, 0.3) is 0 Å². The van der Waals surface area contributed by atoms with Gasteiger partial charge >= 0.3 is 0 Å². The lowest BCUT2D eigenvalue weighted by molar-refractivity contribution is 0.207. The summed E-state index contributed by atoms with van der Waals surface area (Å²) in [6, 6.07) is 0. The van der Waals surface area contributed by atoms with E-state index in [2.05, 4.69) is 32.6 Å². The second kappa shape index (κ2) is 5.50. The molecule has 1 aliphatic heterocycles. The third-order valence-corrected chi connectivity index (χ3v) is 3.84. The van der Waals surface area contributed by atoms with Crippen LogP contribution in [0.4, 0.5) is 0 Å². The van der Waals surface area contributed by atoms with Gasteiger partial charge in [0.05, 0.1) is 0 Å². The lowest BCUT2D eigenvalue weighted by Crippen LogP contribution is -2.48. The Kier molecular flexibility index (Phi) is 4.81. The molecule has 0 aliphatic carbocycles. The van der Waals surface area contributed by atoms with E-state index in [1.807, 2.05) is 0 Å². The van der Waals surface area contributed by atoms with Crippen molar-refractivity contribution in [2.24, 2.45) is 11.1 Å². The van der Waals surface area contributed by atoms with Gasteiger partial charge in [-0.05, 0) is 51.1 Å². The van der Waals surface area contributed by atoms with Gasteiger partial charge in [-0.25, -0.2) is 0 Å². The summed E-state index contributed by atoms with van der Waals surface area (Å²) in [6.45, 7) is 12.7. The summed E-state index contributed by atoms with van der Waals surface area (Å²) in [5.74, 6) is 0. The van der Waals surface area contributed by atoms with E-state index in [4.69, 9.17) is 5.73 Å². The van der Waals surface area contributed by atoms with Crippen molar-refractivity contribution < 1.29 is 0 Å². The molecule has 0 amide bonds. The third-order valence-electron chi connectivity index (χ3n) is 3.84. The molecule has 1 atom stereocenters. The zero-order chi connectivity index (χ0) is 12.2. The van der Waals surface area contributed by atoms with Crippen LogP contribution in [-0.4, -0.2) is 30.1 Å². The highest BCUT2D eigenvalue weighted by Crippen LogP contribution is 2.30. The second-order valence-corrected chi connectivity index (χ2v) is 6.70. The van der Waals surface area contributed by atoms with Crippen molar-refractivity contribution in [1.29, 1.82) is 0 Å². The van der Waals surface area contributed by atoms with Crippen molar-refractivity contribution in [3.05, 3.63) is 0 Å². The highest BCUT2D eigenvalue weighted by atomic mass is 15.1. The normalized spacial score (nSPS) is 26.1. The topological polar surface area (TPSA) is 29.3 Å². The summed E-state index contributed by atoms with van der Waals surface area (Å²) in [4.78, 5) is 2.57. The molecule has 1 unspecified atom stereocenters. The fourth-order valence-corrected chi connectivity index (χ4v) is 2.80. The fourth-order valence-electron chi connectivity index (χ4n) is 2.80. The number of nitrogens with two attached hydrogens (primary N) is 1. The van der Waals surface area contributed by atoms with E-state index in [0.29, 0.717) is 5.41 Å². The zero-order valence-electron chi connectivity index (χ0n) is 11.7. The van der Waals surface area contributed by atoms with Gasteiger partial charge in [0, 0.05) is 12.1 Å². The molecule has 2 heteroatoms. The predicted octanol–water partition coefficient (Wildman–Crippen LogP) is 3.02. The monoisotopic (exact) mass is 226 g/mol. The maximum absolute atomic E-state index is 6.34. The van der Waals surface area contributed by atoms with Crippen LogP contribution in [0.15, 0.2) is 0 Å². The first-order chi connectivity index (χ1) is 7.35. The van der Waals surface area contributed by atoms with Crippen LogP contribution in [0.1, 0.15) is 59.8 Å². The lowest BCUT2D eigenvalue weighted by Gasteiger charge is -2.32. The van der Waals surface area contributed by atoms with E-state index in [1.54, 1.807) is 0 Å². The molecule has 1 heterocycles. The minimum atomic E-state index is 0.00321. The van der Waals surface area contributed by atoms with Crippen molar-refractivity contribution in [2.45, 2.75) is 65.3 Å². The molecule has 16 heavy (non-hydrogen) atoms. The van der Waals surface area contributed by atoms with Gasteiger partial charge in [-0.1, -0.05) is 27.2 Å². The first kappa shape index (κ1) is 14.0. The number of likely N-dealkylation sites (tertiary alicyclic amines) is 1. The van der Waals surface area contributed by atoms with Crippen LogP contribution < -0.4 is 5.73 Å². The summed E-state index contributed by atoms with van der Waals surface area (Å²) in [6.07, 6.45) is 6.32. The van der Waals surface area contributed by atoms with E-state index in [-0.39, 0.29) is 5.54 Å². The minimum Gasteiger partial charge on any atom is -0.324 e. The molecular weight excluding hydrogens is 196 g/mol. The van der Waals surface area contributed by atoms with Crippen molar-refractivity contribution >= 4 is 0 Å². The van der Waals surface area contributed by atoms with Crippen LogP contribution in [0.3, 0.4) is 0 Å². The van der Waals surface area contributed by atoms with Crippen molar-refractivity contribution in [2.75, 3.05) is 19.6 Å². The van der Waals surface area contributed by atoms with Gasteiger partial charge < -0.3 is 10.6 Å². The molecular formula is C14H30N2. The first-order valence-electron chi connectivity index (χ1n) is 6.86. The van der Waals surface area contributed by atoms with E-state index < -0.39 is 0 Å². The fraction of sp³-hybridized carbons (Fsp3) is 1.00. The Morgan fingerprint density at radius 2 is 1.94 bits per heavy atom. The molecule has 0 aromatic carbocycles. The third kappa shape index (κ3) is 4.84. The van der Waals surface area contributed by atoms with Gasteiger partial charge in [0.15, 0.2) is 0 Å². The molecule has 0 aromatic heterocycles. The van der Waals surface area contributed by atoms with Crippen LogP contribution in [-0.2, 0) is 0 Å². The van der Waals surface area contributed by atoms with Crippen LogP contribution in [0.2, 0.25) is 0 Å². The minimum absolute atomic E-state index is 0.00321. The molecule has 0 saturated carbocycles. The van der Waals surface area contributed by atoms with Crippen LogP contribution >= 0.6 is 0 Å². The molecule has 2 N–H and O–H groups in total. The molecule has 0 bridgehead atoms. The van der Waals surface area contributed by atoms with Crippen LogP contribution in [0.5, 0.6) is 0 Å². The Labute approximate surface area is 102 Å². The van der Waals surface area contributed by atoms with E-state index in [1.165, 1.54) is 38.8 Å². The second-order valence-electron chi connectivity index (χ2n) is 6.70. The average Bonchev–Trinajstić information content (AvgIpc) is 2.27. The molecule has 1 aliphatic rings. The molecule has 1 saturated heterocycles. The summed E-state index contributed by atoms with van der Waals surface area (Å²) in [7, 11) is 0. The number of rotatable bonds is 4. The summed E-state index contributed by atoms with van der Waals surface area (Å²) < 4.78 is 0. The van der Waals surface area contributed by atoms with E-state index >= 15 is 0 Å². The van der Waals surface area contributed by atoms with Crippen molar-refractivity contribution in [3.8, 4) is 0 Å². The van der Waals surface area contributed by atoms with Gasteiger partial charge in [0.1, 0.15) is 0 Å². The predicted molar refractivity (Wildman–Crippen MR) is 71.6 cm³/mol. The Morgan fingerprint density at radius 3 is 2.56 bits per heavy atom. The highest BCUT2D eigenvalue weighted by Gasteiger charge is 2.26.